The van der Waals surface area contributed by atoms with Gasteiger partial charge in [0.2, 0.25) is 0 Å². The molecule has 0 heterocycles. The average molecular weight is 547 g/mol. The molecule has 5 saturated carbocycles. The molecule has 1 aromatic rings. The quantitative estimate of drug-likeness (QED) is 0.303. The Balaban J connectivity index is 1.34. The number of carbonyl (C=O) groups excluding carboxylic acids is 1. The first kappa shape index (κ1) is 28.5. The highest BCUT2D eigenvalue weighted by atomic mass is 16.5. The Kier molecular flexibility index (Phi) is 6.73. The minimum Gasteiger partial charge on any atom is -0.460 e. The third-order valence-electron chi connectivity index (χ3n) is 14.7. The Morgan fingerprint density at radius 1 is 0.875 bits per heavy atom. The molecule has 1 N–H and O–H groups in total. The van der Waals surface area contributed by atoms with Gasteiger partial charge in [-0.05, 0) is 128 Å². The van der Waals surface area contributed by atoms with E-state index >= 15 is 0 Å². The highest BCUT2D eigenvalue weighted by Gasteiger charge is 2.72. The molecular weight excluding hydrogens is 492 g/mol. The third kappa shape index (κ3) is 3.74. The average Bonchev–Trinajstić information content (AvgIpc) is 3.32. The van der Waals surface area contributed by atoms with Crippen molar-refractivity contribution in [2.24, 2.45) is 56.7 Å². The number of carbonyl (C=O) groups is 1. The Morgan fingerprint density at radius 2 is 1.60 bits per heavy atom. The maximum absolute atomic E-state index is 14.1. The van der Waals surface area contributed by atoms with Crippen LogP contribution in [0.5, 0.6) is 0 Å². The first-order chi connectivity index (χ1) is 18.8. The van der Waals surface area contributed by atoms with Crippen LogP contribution in [0.3, 0.4) is 0 Å². The van der Waals surface area contributed by atoms with Crippen molar-refractivity contribution in [3.05, 3.63) is 48.0 Å². The Hall–Kier alpha value is -1.61. The van der Waals surface area contributed by atoms with Gasteiger partial charge in [-0.2, -0.15) is 0 Å². The molecular formula is C37H54O3. The van der Waals surface area contributed by atoms with Crippen LogP contribution in [-0.4, -0.2) is 17.2 Å². The van der Waals surface area contributed by atoms with Gasteiger partial charge in [-0.15, -0.1) is 0 Å². The number of esters is 1. The highest BCUT2D eigenvalue weighted by Crippen LogP contribution is 2.77. The van der Waals surface area contributed by atoms with Crippen LogP contribution < -0.4 is 0 Å². The van der Waals surface area contributed by atoms with E-state index in [1.54, 1.807) is 0 Å². The van der Waals surface area contributed by atoms with Crippen LogP contribution in [0.2, 0.25) is 0 Å². The second kappa shape index (κ2) is 9.45. The van der Waals surface area contributed by atoms with E-state index in [1.807, 2.05) is 18.2 Å². The topological polar surface area (TPSA) is 46.5 Å². The smallest absolute Gasteiger partial charge is 0.312 e. The van der Waals surface area contributed by atoms with Crippen molar-refractivity contribution >= 4 is 5.97 Å². The molecule has 0 aliphatic heterocycles. The SMILES string of the molecule is C=C(C)[C@@H]1CC[C@]2(C(=O)OCc3ccccc3)CC[C@]3(C)C(CC[C@@H]4[C@@]5(C)CC[C@H](O)C(C)(C)[C@@H]5CC[C@]43C)[C@H]12. The van der Waals surface area contributed by atoms with Crippen LogP contribution in [-0.2, 0) is 16.1 Å². The summed E-state index contributed by atoms with van der Waals surface area (Å²) in [6.07, 6.45) is 10.9. The van der Waals surface area contributed by atoms with E-state index in [1.165, 1.54) is 31.3 Å². The van der Waals surface area contributed by atoms with Gasteiger partial charge in [0, 0.05) is 0 Å². The van der Waals surface area contributed by atoms with Crippen molar-refractivity contribution in [2.75, 3.05) is 0 Å². The predicted octanol–water partition coefficient (Wildman–Crippen LogP) is 8.75. The van der Waals surface area contributed by atoms with Gasteiger partial charge in [-0.1, -0.05) is 77.1 Å². The molecule has 0 radical (unpaired) electrons. The lowest BCUT2D eigenvalue weighted by molar-refractivity contribution is -0.248. The fraction of sp³-hybridized carbons (Fsp3) is 0.757. The first-order valence-corrected chi connectivity index (χ1v) is 16.4. The van der Waals surface area contributed by atoms with E-state index < -0.39 is 0 Å². The summed E-state index contributed by atoms with van der Waals surface area (Å²) in [7, 11) is 0. The van der Waals surface area contributed by atoms with Crippen molar-refractivity contribution in [3.8, 4) is 0 Å². The summed E-state index contributed by atoms with van der Waals surface area (Å²) in [4.78, 5) is 14.1. The lowest BCUT2D eigenvalue weighted by atomic mass is 9.32. The van der Waals surface area contributed by atoms with Crippen molar-refractivity contribution < 1.29 is 14.6 Å². The van der Waals surface area contributed by atoms with Gasteiger partial charge >= 0.3 is 5.97 Å². The molecule has 3 nitrogen and oxygen atoms in total. The molecule has 0 spiro atoms. The largest absolute Gasteiger partial charge is 0.460 e. The molecule has 1 aromatic carbocycles. The van der Waals surface area contributed by atoms with E-state index in [2.05, 4.69) is 60.3 Å². The minimum atomic E-state index is -0.371. The standard InChI is InChI=1S/C37H54O3/c1-24(2)26-15-20-37(32(39)40-23-25-11-9-8-10-12-25)22-21-35(6)27(31(26)37)13-14-29-34(5)18-17-30(38)33(3,4)28(34)16-19-36(29,35)7/h8-12,26-31,38H,1,13-23H2,2-7H3/t26-,27?,28-,29+,30-,31-,34-,35+,36+,37-/m0/s1. The number of rotatable bonds is 4. The number of aliphatic hydroxyl groups is 1. The van der Waals surface area contributed by atoms with Crippen LogP contribution >= 0.6 is 0 Å². The van der Waals surface area contributed by atoms with Gasteiger partial charge < -0.3 is 9.84 Å². The number of hydrogen-bond donors (Lipinski definition) is 1. The number of allylic oxidation sites excluding steroid dienone is 1. The van der Waals surface area contributed by atoms with Crippen LogP contribution in [0.4, 0.5) is 0 Å². The van der Waals surface area contributed by atoms with E-state index in [0.717, 1.165) is 44.1 Å². The summed E-state index contributed by atoms with van der Waals surface area (Å²) in [5, 5.41) is 11.0. The lowest BCUT2D eigenvalue weighted by Crippen LogP contribution is -2.67. The molecule has 0 bridgehead atoms. The zero-order chi connectivity index (χ0) is 28.7. The zero-order valence-electron chi connectivity index (χ0n) is 26.1. The summed E-state index contributed by atoms with van der Waals surface area (Å²) in [5.41, 5.74) is 2.67. The van der Waals surface area contributed by atoms with E-state index in [-0.39, 0.29) is 39.1 Å². The monoisotopic (exact) mass is 546 g/mol. The second-order valence-corrected chi connectivity index (χ2v) is 16.3. The maximum Gasteiger partial charge on any atom is 0.312 e. The molecule has 220 valence electrons. The minimum absolute atomic E-state index is 0.0210. The molecule has 5 aliphatic carbocycles. The summed E-state index contributed by atoms with van der Waals surface area (Å²) < 4.78 is 6.17. The second-order valence-electron chi connectivity index (χ2n) is 16.3. The number of aliphatic hydroxyl groups excluding tert-OH is 1. The molecule has 0 saturated heterocycles. The molecule has 0 aromatic heterocycles. The van der Waals surface area contributed by atoms with Gasteiger partial charge in [0.05, 0.1) is 11.5 Å². The normalized spacial score (nSPS) is 47.3. The molecule has 1 unspecified atom stereocenters. The lowest BCUT2D eigenvalue weighted by Gasteiger charge is -2.72. The van der Waals surface area contributed by atoms with Gasteiger partial charge in [-0.25, -0.2) is 0 Å². The first-order valence-electron chi connectivity index (χ1n) is 16.4. The summed E-state index contributed by atoms with van der Waals surface area (Å²) in [6, 6.07) is 10.2. The summed E-state index contributed by atoms with van der Waals surface area (Å²) in [6.45, 7) is 19.6. The van der Waals surface area contributed by atoms with Gasteiger partial charge in [0.15, 0.2) is 0 Å². The summed E-state index contributed by atoms with van der Waals surface area (Å²) >= 11 is 0. The number of ether oxygens (including phenoxy) is 1. The Bertz CT molecular complexity index is 1160. The fourth-order valence-electron chi connectivity index (χ4n) is 12.4. The number of hydrogen-bond acceptors (Lipinski definition) is 3. The van der Waals surface area contributed by atoms with E-state index in [4.69, 9.17) is 4.74 Å². The molecule has 6 rings (SSSR count). The van der Waals surface area contributed by atoms with Crippen molar-refractivity contribution in [1.82, 2.24) is 0 Å². The Morgan fingerprint density at radius 3 is 2.30 bits per heavy atom. The molecule has 3 heteroatoms. The third-order valence-corrected chi connectivity index (χ3v) is 14.7. The van der Waals surface area contributed by atoms with Crippen LogP contribution in [0.25, 0.3) is 0 Å². The Labute approximate surface area is 243 Å². The maximum atomic E-state index is 14.1. The molecule has 40 heavy (non-hydrogen) atoms. The summed E-state index contributed by atoms with van der Waals surface area (Å²) in [5.74, 6) is 2.57. The van der Waals surface area contributed by atoms with Gasteiger partial charge in [-0.3, -0.25) is 4.79 Å². The van der Waals surface area contributed by atoms with Gasteiger partial charge in [0.25, 0.3) is 0 Å². The van der Waals surface area contributed by atoms with Crippen molar-refractivity contribution in [2.45, 2.75) is 118 Å². The zero-order valence-corrected chi connectivity index (χ0v) is 26.1. The van der Waals surface area contributed by atoms with Crippen molar-refractivity contribution in [1.29, 1.82) is 0 Å². The fourth-order valence-corrected chi connectivity index (χ4v) is 12.4. The van der Waals surface area contributed by atoms with Crippen LogP contribution in [0.1, 0.15) is 111 Å². The van der Waals surface area contributed by atoms with Crippen LogP contribution in [0, 0.1) is 56.7 Å². The predicted molar refractivity (Wildman–Crippen MR) is 161 cm³/mol. The molecule has 0 amide bonds. The highest BCUT2D eigenvalue weighted by molar-refractivity contribution is 5.78. The number of benzene rings is 1. The molecule has 5 aliphatic rings. The van der Waals surface area contributed by atoms with Crippen LogP contribution in [0.15, 0.2) is 42.5 Å². The molecule has 5 fully saturated rings. The molecule has 10 atom stereocenters. The van der Waals surface area contributed by atoms with E-state index in [0.29, 0.717) is 36.2 Å². The van der Waals surface area contributed by atoms with Crippen molar-refractivity contribution in [3.63, 3.8) is 0 Å². The number of fused-ring (bicyclic) bond motifs is 7. The van der Waals surface area contributed by atoms with Gasteiger partial charge in [0.1, 0.15) is 6.61 Å². The van der Waals surface area contributed by atoms with E-state index in [9.17, 15) is 9.90 Å².